The molecule has 2 heterocycles. The maximum Gasteiger partial charge on any atom is 0.314 e. The number of aromatic nitrogens is 2. The lowest BCUT2D eigenvalue weighted by atomic mass is 10.1. The Balaban J connectivity index is 1.92. The summed E-state index contributed by atoms with van der Waals surface area (Å²) >= 11 is 0. The molecule has 1 saturated heterocycles. The second-order valence-corrected chi connectivity index (χ2v) is 5.22. The summed E-state index contributed by atoms with van der Waals surface area (Å²) in [5.74, 6) is -0.895. The maximum atomic E-state index is 11.2. The molecule has 112 valence electrons. The zero-order chi connectivity index (χ0) is 14.8. The highest BCUT2D eigenvalue weighted by atomic mass is 16.5. The molecule has 0 saturated carbocycles. The third kappa shape index (κ3) is 2.71. The van der Waals surface area contributed by atoms with Gasteiger partial charge in [0.25, 0.3) is 0 Å². The zero-order valence-corrected chi connectivity index (χ0v) is 12.0. The topological polar surface area (TPSA) is 78.4 Å². The van der Waals surface area contributed by atoms with Crippen LogP contribution in [0.1, 0.15) is 25.1 Å². The molecular weight excluding hydrogens is 270 g/mol. The first-order valence-corrected chi connectivity index (χ1v) is 7.24. The summed E-state index contributed by atoms with van der Waals surface area (Å²) in [6.45, 7) is 5.07. The molecule has 1 atom stereocenters. The van der Waals surface area contributed by atoms with E-state index in [0.717, 1.165) is 43.0 Å². The zero-order valence-electron chi connectivity index (χ0n) is 12.0. The molecule has 1 aliphatic rings. The number of hydrogen-bond acceptors (Lipinski definition) is 4. The molecule has 2 aromatic rings. The summed E-state index contributed by atoms with van der Waals surface area (Å²) in [5, 5.41) is 9.23. The Morgan fingerprint density at radius 1 is 1.48 bits per heavy atom. The van der Waals surface area contributed by atoms with Gasteiger partial charge in [-0.3, -0.25) is 4.79 Å². The van der Waals surface area contributed by atoms with Crippen molar-refractivity contribution in [2.75, 3.05) is 31.2 Å². The minimum atomic E-state index is -0.843. The predicted octanol–water partition coefficient (Wildman–Crippen LogP) is 1.98. The van der Waals surface area contributed by atoms with Crippen LogP contribution in [-0.4, -0.2) is 47.3 Å². The molecule has 1 aromatic carbocycles. The molecule has 1 aliphatic heterocycles. The normalized spacial score (nSPS) is 17.1. The van der Waals surface area contributed by atoms with Crippen molar-refractivity contribution in [3.8, 4) is 0 Å². The van der Waals surface area contributed by atoms with Gasteiger partial charge in [0.2, 0.25) is 0 Å². The van der Waals surface area contributed by atoms with E-state index in [1.54, 1.807) is 0 Å². The number of imidazole rings is 1. The Labute approximate surface area is 122 Å². The van der Waals surface area contributed by atoms with Crippen molar-refractivity contribution < 1.29 is 14.6 Å². The average Bonchev–Trinajstić information content (AvgIpc) is 2.90. The number of carbonyl (C=O) groups is 1. The van der Waals surface area contributed by atoms with Crippen LogP contribution in [0.15, 0.2) is 18.2 Å². The van der Waals surface area contributed by atoms with E-state index >= 15 is 0 Å². The number of aliphatic carboxylic acids is 1. The Hall–Kier alpha value is -2.08. The van der Waals surface area contributed by atoms with Crippen molar-refractivity contribution in [2.24, 2.45) is 0 Å². The number of hydrogen-bond donors (Lipinski definition) is 2. The third-order valence-corrected chi connectivity index (χ3v) is 3.90. The molecule has 0 amide bonds. The number of nitrogens with zero attached hydrogens (tertiary/aromatic N) is 2. The summed E-state index contributed by atoms with van der Waals surface area (Å²) in [6, 6.07) is 6.01. The SMILES string of the molecule is CCC(C(=O)O)c1nc2cc(N3CCOCC3)ccc2[nH]1. The predicted molar refractivity (Wildman–Crippen MR) is 79.8 cm³/mol. The van der Waals surface area contributed by atoms with E-state index in [1.165, 1.54) is 0 Å². The molecule has 1 fully saturated rings. The van der Waals surface area contributed by atoms with Gasteiger partial charge >= 0.3 is 5.97 Å². The van der Waals surface area contributed by atoms with Crippen LogP contribution in [-0.2, 0) is 9.53 Å². The lowest BCUT2D eigenvalue weighted by Crippen LogP contribution is -2.36. The smallest absolute Gasteiger partial charge is 0.314 e. The van der Waals surface area contributed by atoms with Crippen LogP contribution in [0.3, 0.4) is 0 Å². The van der Waals surface area contributed by atoms with E-state index < -0.39 is 11.9 Å². The number of H-pyrrole nitrogens is 1. The van der Waals surface area contributed by atoms with E-state index in [0.29, 0.717) is 12.2 Å². The highest BCUT2D eigenvalue weighted by Crippen LogP contribution is 2.25. The molecule has 0 aliphatic carbocycles. The number of ether oxygens (including phenoxy) is 1. The van der Waals surface area contributed by atoms with Crippen molar-refractivity contribution in [2.45, 2.75) is 19.3 Å². The quantitative estimate of drug-likeness (QED) is 0.899. The molecule has 6 heteroatoms. The first kappa shape index (κ1) is 13.9. The van der Waals surface area contributed by atoms with Gasteiger partial charge in [-0.2, -0.15) is 0 Å². The number of benzene rings is 1. The van der Waals surface area contributed by atoms with Gasteiger partial charge in [0, 0.05) is 18.8 Å². The number of aromatic amines is 1. The lowest BCUT2D eigenvalue weighted by Gasteiger charge is -2.28. The van der Waals surface area contributed by atoms with E-state index in [2.05, 4.69) is 14.9 Å². The molecule has 0 radical (unpaired) electrons. The number of carboxylic acid groups (broad SMARTS) is 1. The maximum absolute atomic E-state index is 11.2. The number of nitrogens with one attached hydrogen (secondary N) is 1. The van der Waals surface area contributed by atoms with Gasteiger partial charge in [0.1, 0.15) is 11.7 Å². The molecule has 0 spiro atoms. The summed E-state index contributed by atoms with van der Waals surface area (Å²) in [5.41, 5.74) is 2.79. The minimum absolute atomic E-state index is 0.519. The van der Waals surface area contributed by atoms with Crippen LogP contribution in [0, 0.1) is 0 Å². The van der Waals surface area contributed by atoms with Crippen LogP contribution in [0.5, 0.6) is 0 Å². The van der Waals surface area contributed by atoms with Gasteiger partial charge in [-0.05, 0) is 24.6 Å². The first-order chi connectivity index (χ1) is 10.2. The Kier molecular flexibility index (Phi) is 3.79. The fraction of sp³-hybridized carbons (Fsp3) is 0.467. The monoisotopic (exact) mass is 289 g/mol. The van der Waals surface area contributed by atoms with E-state index in [9.17, 15) is 9.90 Å². The molecule has 2 N–H and O–H groups in total. The highest BCUT2D eigenvalue weighted by Gasteiger charge is 2.21. The molecule has 3 rings (SSSR count). The number of anilines is 1. The van der Waals surface area contributed by atoms with Gasteiger partial charge in [0.05, 0.1) is 24.2 Å². The standard InChI is InChI=1S/C15H19N3O3/c1-2-11(15(19)20)14-16-12-4-3-10(9-13(12)17-14)18-5-7-21-8-6-18/h3-4,9,11H,2,5-8H2,1H3,(H,16,17)(H,19,20). The summed E-state index contributed by atoms with van der Waals surface area (Å²) in [4.78, 5) is 21.1. The molecule has 1 aromatic heterocycles. The summed E-state index contributed by atoms with van der Waals surface area (Å²) in [7, 11) is 0. The van der Waals surface area contributed by atoms with Gasteiger partial charge in [-0.25, -0.2) is 4.98 Å². The molecule has 1 unspecified atom stereocenters. The summed E-state index contributed by atoms with van der Waals surface area (Å²) in [6.07, 6.45) is 0.519. The third-order valence-electron chi connectivity index (χ3n) is 3.90. The lowest BCUT2D eigenvalue weighted by molar-refractivity contribution is -0.139. The Morgan fingerprint density at radius 2 is 2.24 bits per heavy atom. The van der Waals surface area contributed by atoms with Crippen LogP contribution < -0.4 is 4.90 Å². The van der Waals surface area contributed by atoms with Crippen molar-refractivity contribution >= 4 is 22.7 Å². The number of fused-ring (bicyclic) bond motifs is 1. The van der Waals surface area contributed by atoms with Gasteiger partial charge in [0.15, 0.2) is 0 Å². The molecule has 0 bridgehead atoms. The van der Waals surface area contributed by atoms with Crippen LogP contribution in [0.2, 0.25) is 0 Å². The van der Waals surface area contributed by atoms with Crippen molar-refractivity contribution in [1.29, 1.82) is 0 Å². The molecule has 21 heavy (non-hydrogen) atoms. The van der Waals surface area contributed by atoms with E-state index in [1.807, 2.05) is 25.1 Å². The van der Waals surface area contributed by atoms with Gasteiger partial charge in [-0.1, -0.05) is 6.92 Å². The number of carboxylic acids is 1. The molecule has 6 nitrogen and oxygen atoms in total. The van der Waals surface area contributed by atoms with Gasteiger partial charge < -0.3 is 19.7 Å². The van der Waals surface area contributed by atoms with E-state index in [4.69, 9.17) is 4.74 Å². The number of rotatable bonds is 4. The minimum Gasteiger partial charge on any atom is -0.481 e. The van der Waals surface area contributed by atoms with Gasteiger partial charge in [-0.15, -0.1) is 0 Å². The molecular formula is C15H19N3O3. The summed E-state index contributed by atoms with van der Waals surface area (Å²) < 4.78 is 5.36. The number of morpholine rings is 1. The fourth-order valence-corrected chi connectivity index (χ4v) is 2.68. The van der Waals surface area contributed by atoms with E-state index in [-0.39, 0.29) is 0 Å². The van der Waals surface area contributed by atoms with Crippen molar-refractivity contribution in [3.63, 3.8) is 0 Å². The van der Waals surface area contributed by atoms with Crippen LogP contribution >= 0.6 is 0 Å². The van der Waals surface area contributed by atoms with Crippen molar-refractivity contribution in [1.82, 2.24) is 9.97 Å². The van der Waals surface area contributed by atoms with Crippen molar-refractivity contribution in [3.05, 3.63) is 24.0 Å². The Morgan fingerprint density at radius 3 is 2.90 bits per heavy atom. The average molecular weight is 289 g/mol. The Bertz CT molecular complexity index is 647. The van der Waals surface area contributed by atoms with Crippen LogP contribution in [0.4, 0.5) is 5.69 Å². The highest BCUT2D eigenvalue weighted by molar-refractivity contribution is 5.82. The fourth-order valence-electron chi connectivity index (χ4n) is 2.68. The second kappa shape index (κ2) is 5.73. The largest absolute Gasteiger partial charge is 0.481 e. The second-order valence-electron chi connectivity index (χ2n) is 5.22. The first-order valence-electron chi connectivity index (χ1n) is 7.24. The van der Waals surface area contributed by atoms with Crippen LogP contribution in [0.25, 0.3) is 11.0 Å².